The van der Waals surface area contributed by atoms with E-state index in [1.165, 1.54) is 11.3 Å². The van der Waals surface area contributed by atoms with Crippen molar-refractivity contribution in [3.05, 3.63) is 43.1 Å². The molecule has 2 aromatic heterocycles. The van der Waals surface area contributed by atoms with Crippen molar-refractivity contribution in [3.8, 4) is 11.8 Å². The number of nitrogens with zero attached hydrogens (tertiary/aromatic N) is 1. The first-order chi connectivity index (χ1) is 7.79. The van der Waals surface area contributed by atoms with E-state index in [0.717, 1.165) is 10.4 Å². The van der Waals surface area contributed by atoms with Crippen LogP contribution in [0.15, 0.2) is 27.8 Å². The van der Waals surface area contributed by atoms with Crippen LogP contribution in [-0.2, 0) is 6.54 Å². The maximum atomic E-state index is 11.3. The van der Waals surface area contributed by atoms with Crippen LogP contribution in [0.5, 0.6) is 0 Å². The van der Waals surface area contributed by atoms with Gasteiger partial charge in [0, 0.05) is 27.4 Å². The summed E-state index contributed by atoms with van der Waals surface area (Å²) in [6, 6.07) is 1.94. The average molecular weight is 251 g/mol. The summed E-state index contributed by atoms with van der Waals surface area (Å²) in [6.45, 7) is 0.461. The van der Waals surface area contributed by atoms with Crippen molar-refractivity contribution in [2.45, 2.75) is 6.54 Å². The summed E-state index contributed by atoms with van der Waals surface area (Å²) in [4.78, 5) is 12.5. The molecule has 0 fully saturated rings. The zero-order chi connectivity index (χ0) is 11.4. The second-order valence-electron chi connectivity index (χ2n) is 3.06. The van der Waals surface area contributed by atoms with E-state index in [-0.39, 0.29) is 11.5 Å². The lowest BCUT2D eigenvalue weighted by atomic mass is 10.3. The number of hydrogen-bond donors (Lipinski definition) is 1. The minimum atomic E-state index is -0.130. The van der Waals surface area contributed by atoms with Crippen LogP contribution >= 0.6 is 22.7 Å². The number of aliphatic hydroxyl groups excluding tert-OH is 1. The fourth-order valence-corrected chi connectivity index (χ4v) is 2.65. The van der Waals surface area contributed by atoms with Crippen LogP contribution in [0.2, 0.25) is 0 Å². The van der Waals surface area contributed by atoms with Gasteiger partial charge in [-0.1, -0.05) is 23.2 Å². The Labute approximate surface area is 101 Å². The molecule has 0 saturated carbocycles. The van der Waals surface area contributed by atoms with Gasteiger partial charge >= 0.3 is 4.87 Å². The Hall–Kier alpha value is -1.35. The van der Waals surface area contributed by atoms with Gasteiger partial charge in [0.15, 0.2) is 0 Å². The second-order valence-corrected chi connectivity index (χ2v) is 4.91. The minimum absolute atomic E-state index is 0.0522. The van der Waals surface area contributed by atoms with Crippen LogP contribution in [0.25, 0.3) is 0 Å². The molecule has 0 bridgehead atoms. The Kier molecular flexibility index (Phi) is 3.57. The Morgan fingerprint density at radius 2 is 2.31 bits per heavy atom. The van der Waals surface area contributed by atoms with Gasteiger partial charge in [0.1, 0.15) is 6.61 Å². The van der Waals surface area contributed by atoms with Gasteiger partial charge in [0.05, 0.1) is 6.54 Å². The largest absolute Gasteiger partial charge is 0.384 e. The highest BCUT2D eigenvalue weighted by atomic mass is 32.1. The summed E-state index contributed by atoms with van der Waals surface area (Å²) < 4.78 is 1.67. The standard InChI is InChI=1S/C11H9NO2S2/c13-4-1-2-9-6-10(16-8-9)7-12-3-5-15-11(12)14/h3,5-6,8,13H,4,7H2. The summed E-state index contributed by atoms with van der Waals surface area (Å²) in [7, 11) is 0. The molecule has 0 aliphatic carbocycles. The Morgan fingerprint density at radius 3 is 3.00 bits per heavy atom. The summed E-state index contributed by atoms with van der Waals surface area (Å²) in [5.41, 5.74) is 0.886. The predicted molar refractivity (Wildman–Crippen MR) is 66.0 cm³/mol. The first-order valence-electron chi connectivity index (χ1n) is 4.60. The fraction of sp³-hybridized carbons (Fsp3) is 0.182. The molecule has 1 N–H and O–H groups in total. The topological polar surface area (TPSA) is 42.2 Å². The van der Waals surface area contributed by atoms with E-state index in [0.29, 0.717) is 6.54 Å². The van der Waals surface area contributed by atoms with Gasteiger partial charge in [-0.05, 0) is 6.07 Å². The fourth-order valence-electron chi connectivity index (χ4n) is 1.25. The van der Waals surface area contributed by atoms with Crippen molar-refractivity contribution >= 4 is 22.7 Å². The molecule has 2 aromatic rings. The quantitative estimate of drug-likeness (QED) is 0.819. The molecule has 3 nitrogen and oxygen atoms in total. The smallest absolute Gasteiger partial charge is 0.307 e. The number of hydrogen-bond acceptors (Lipinski definition) is 4. The number of thiazole rings is 1. The lowest BCUT2D eigenvalue weighted by molar-refractivity contribution is 0.350. The van der Waals surface area contributed by atoms with E-state index in [1.807, 2.05) is 11.4 Å². The van der Waals surface area contributed by atoms with Gasteiger partial charge in [-0.3, -0.25) is 4.79 Å². The van der Waals surface area contributed by atoms with E-state index in [2.05, 4.69) is 11.8 Å². The Morgan fingerprint density at radius 1 is 1.44 bits per heavy atom. The maximum Gasteiger partial charge on any atom is 0.307 e. The highest BCUT2D eigenvalue weighted by Gasteiger charge is 2.01. The number of aliphatic hydroxyl groups is 1. The van der Waals surface area contributed by atoms with E-state index in [4.69, 9.17) is 5.11 Å². The summed E-state index contributed by atoms with van der Waals surface area (Å²) in [5, 5.41) is 12.3. The first-order valence-corrected chi connectivity index (χ1v) is 6.36. The summed E-state index contributed by atoms with van der Waals surface area (Å²) in [5.74, 6) is 5.43. The summed E-state index contributed by atoms with van der Waals surface area (Å²) in [6.07, 6.45) is 1.78. The SMILES string of the molecule is O=c1sccn1Cc1cc(C#CCO)cs1. The van der Waals surface area contributed by atoms with Gasteiger partial charge in [0.2, 0.25) is 0 Å². The van der Waals surface area contributed by atoms with Gasteiger partial charge in [-0.15, -0.1) is 11.3 Å². The molecule has 0 aromatic carbocycles. The van der Waals surface area contributed by atoms with Crippen molar-refractivity contribution < 1.29 is 5.11 Å². The summed E-state index contributed by atoms with van der Waals surface area (Å²) >= 11 is 2.76. The Bertz CT molecular complexity index is 583. The molecule has 2 rings (SSSR count). The van der Waals surface area contributed by atoms with E-state index < -0.39 is 0 Å². The molecule has 0 spiro atoms. The highest BCUT2D eigenvalue weighted by molar-refractivity contribution is 7.10. The van der Waals surface area contributed by atoms with Crippen molar-refractivity contribution in [2.24, 2.45) is 0 Å². The van der Waals surface area contributed by atoms with Gasteiger partial charge < -0.3 is 9.67 Å². The molecule has 0 amide bonds. The monoisotopic (exact) mass is 251 g/mol. The van der Waals surface area contributed by atoms with Crippen LogP contribution in [-0.4, -0.2) is 16.3 Å². The van der Waals surface area contributed by atoms with Crippen LogP contribution in [0.3, 0.4) is 0 Å². The predicted octanol–water partition coefficient (Wildman–Crippen LogP) is 1.36. The van der Waals surface area contributed by atoms with Gasteiger partial charge in [-0.2, -0.15) is 0 Å². The normalized spacial score (nSPS) is 9.81. The number of aromatic nitrogens is 1. The third-order valence-corrected chi connectivity index (χ3v) is 3.55. The molecule has 5 heteroatoms. The highest BCUT2D eigenvalue weighted by Crippen LogP contribution is 2.14. The molecule has 82 valence electrons. The zero-order valence-electron chi connectivity index (χ0n) is 8.34. The van der Waals surface area contributed by atoms with Crippen molar-refractivity contribution in [2.75, 3.05) is 6.61 Å². The van der Waals surface area contributed by atoms with Crippen LogP contribution in [0.1, 0.15) is 10.4 Å². The molecule has 0 atom stereocenters. The number of thiophene rings is 1. The van der Waals surface area contributed by atoms with E-state index in [9.17, 15) is 4.79 Å². The molecule has 0 saturated heterocycles. The lowest BCUT2D eigenvalue weighted by Gasteiger charge is -1.95. The molecule has 2 heterocycles. The molecular formula is C11H9NO2S2. The first kappa shape index (κ1) is 11.1. The molecule has 0 aliphatic rings. The third kappa shape index (κ3) is 2.61. The maximum absolute atomic E-state index is 11.3. The average Bonchev–Trinajstić information content (AvgIpc) is 2.87. The molecule has 16 heavy (non-hydrogen) atoms. The Balaban J connectivity index is 2.14. The van der Waals surface area contributed by atoms with Crippen LogP contribution in [0, 0.1) is 11.8 Å². The van der Waals surface area contributed by atoms with Crippen molar-refractivity contribution in [1.29, 1.82) is 0 Å². The van der Waals surface area contributed by atoms with E-state index in [1.54, 1.807) is 27.5 Å². The van der Waals surface area contributed by atoms with Crippen LogP contribution in [0.4, 0.5) is 0 Å². The van der Waals surface area contributed by atoms with Gasteiger partial charge in [-0.25, -0.2) is 0 Å². The molecule has 0 radical (unpaired) electrons. The third-order valence-electron chi connectivity index (χ3n) is 1.94. The van der Waals surface area contributed by atoms with Crippen molar-refractivity contribution in [3.63, 3.8) is 0 Å². The number of rotatable bonds is 2. The van der Waals surface area contributed by atoms with Crippen molar-refractivity contribution in [1.82, 2.24) is 4.57 Å². The molecule has 0 aliphatic heterocycles. The molecule has 0 unspecified atom stereocenters. The lowest BCUT2D eigenvalue weighted by Crippen LogP contribution is -2.11. The zero-order valence-corrected chi connectivity index (χ0v) is 9.98. The second kappa shape index (κ2) is 5.12. The van der Waals surface area contributed by atoms with Crippen LogP contribution < -0.4 is 4.87 Å². The van der Waals surface area contributed by atoms with Gasteiger partial charge in [0.25, 0.3) is 0 Å². The minimum Gasteiger partial charge on any atom is -0.384 e. The van der Waals surface area contributed by atoms with E-state index >= 15 is 0 Å². The molecular weight excluding hydrogens is 242 g/mol.